The lowest BCUT2D eigenvalue weighted by Gasteiger charge is -2.40. The number of benzene rings is 1. The molecule has 0 aliphatic carbocycles. The van der Waals surface area contributed by atoms with Gasteiger partial charge in [0.25, 0.3) is 0 Å². The van der Waals surface area contributed by atoms with E-state index in [0.29, 0.717) is 26.1 Å². The number of carbonyl (C=O) groups excluding carboxylic acids is 3. The van der Waals surface area contributed by atoms with Crippen molar-refractivity contribution in [3.8, 4) is 0 Å². The standard InChI is InChI=1S/C30H38N2O5S/c1-20(2)17-22(19-33)32-25-27(35)31(18-21-11-6-4-7-12-21)15-10-14-30(25)23(26(32)34)24-28(36)37-16-9-5-8-13-29(24,3)38-30/h4,6-8,10-14,20,22-25,33H,5,9,15-19H2,1-3H3/b13-8-/t22-,23+,24+,25?,29-,30+/m1/s1. The van der Waals surface area contributed by atoms with Crippen LogP contribution in [-0.4, -0.2) is 74.0 Å². The van der Waals surface area contributed by atoms with Crippen LogP contribution in [0.25, 0.3) is 0 Å². The second kappa shape index (κ2) is 10.5. The summed E-state index contributed by atoms with van der Waals surface area (Å²) in [4.78, 5) is 45.9. The van der Waals surface area contributed by atoms with E-state index in [1.165, 1.54) is 0 Å². The Kier molecular flexibility index (Phi) is 7.48. The predicted octanol–water partition coefficient (Wildman–Crippen LogP) is 3.57. The zero-order valence-electron chi connectivity index (χ0n) is 22.4. The minimum absolute atomic E-state index is 0.142. The number of esters is 1. The molecule has 4 aliphatic heterocycles. The van der Waals surface area contributed by atoms with Crippen LogP contribution in [0.15, 0.2) is 54.6 Å². The van der Waals surface area contributed by atoms with Gasteiger partial charge in [0.15, 0.2) is 0 Å². The summed E-state index contributed by atoms with van der Waals surface area (Å²) in [5.41, 5.74) is 1.01. The van der Waals surface area contributed by atoms with E-state index in [4.69, 9.17) is 4.74 Å². The quantitative estimate of drug-likeness (QED) is 0.440. The van der Waals surface area contributed by atoms with Gasteiger partial charge in [0.2, 0.25) is 11.8 Å². The number of hydrogen-bond donors (Lipinski definition) is 1. The number of likely N-dealkylation sites (tertiary alicyclic amines) is 1. The van der Waals surface area contributed by atoms with E-state index in [0.717, 1.165) is 18.4 Å². The number of amides is 2. The first-order chi connectivity index (χ1) is 18.2. The fraction of sp³-hybridized carbons (Fsp3) is 0.567. The van der Waals surface area contributed by atoms with E-state index >= 15 is 0 Å². The van der Waals surface area contributed by atoms with E-state index in [9.17, 15) is 19.5 Å². The maximum atomic E-state index is 14.5. The Hall–Kier alpha value is -2.58. The molecule has 2 saturated heterocycles. The molecule has 4 heterocycles. The number of ether oxygens (including phenoxy) is 1. The van der Waals surface area contributed by atoms with Gasteiger partial charge in [0.05, 0.1) is 35.8 Å². The molecular weight excluding hydrogens is 500 g/mol. The third-order valence-corrected chi connectivity index (χ3v) is 10.1. The summed E-state index contributed by atoms with van der Waals surface area (Å²) in [7, 11) is 0. The Labute approximate surface area is 229 Å². The first-order valence-corrected chi connectivity index (χ1v) is 14.5. The average Bonchev–Trinajstić information content (AvgIpc) is 3.24. The smallest absolute Gasteiger partial charge is 0.311 e. The molecule has 7 nitrogen and oxygen atoms in total. The van der Waals surface area contributed by atoms with Gasteiger partial charge in [-0.3, -0.25) is 14.4 Å². The maximum Gasteiger partial charge on any atom is 0.311 e. The molecule has 1 unspecified atom stereocenters. The molecule has 8 heteroatoms. The highest BCUT2D eigenvalue weighted by Crippen LogP contribution is 2.65. The lowest BCUT2D eigenvalue weighted by molar-refractivity contribution is -0.154. The summed E-state index contributed by atoms with van der Waals surface area (Å²) >= 11 is 1.55. The summed E-state index contributed by atoms with van der Waals surface area (Å²) in [5.74, 6) is -2.02. The summed E-state index contributed by atoms with van der Waals surface area (Å²) in [6, 6.07) is 8.49. The molecule has 1 N–H and O–H groups in total. The molecule has 0 saturated carbocycles. The van der Waals surface area contributed by atoms with E-state index in [-0.39, 0.29) is 30.3 Å². The number of thioether (sulfide) groups is 1. The van der Waals surface area contributed by atoms with Gasteiger partial charge in [-0.05, 0) is 37.7 Å². The van der Waals surface area contributed by atoms with Crippen LogP contribution in [0.2, 0.25) is 0 Å². The molecule has 6 atom stereocenters. The number of nitrogens with zero attached hydrogens (tertiary/aromatic N) is 2. The van der Waals surface area contributed by atoms with Crippen LogP contribution in [0.3, 0.4) is 0 Å². The van der Waals surface area contributed by atoms with E-state index < -0.39 is 33.4 Å². The second-order valence-corrected chi connectivity index (χ2v) is 13.3. The van der Waals surface area contributed by atoms with Crippen LogP contribution in [0, 0.1) is 17.8 Å². The zero-order chi connectivity index (χ0) is 27.1. The largest absolute Gasteiger partial charge is 0.465 e. The van der Waals surface area contributed by atoms with Crippen LogP contribution in [0.4, 0.5) is 0 Å². The van der Waals surface area contributed by atoms with E-state index in [2.05, 4.69) is 12.2 Å². The molecule has 0 aromatic heterocycles. The molecule has 4 aliphatic rings. The number of fused-ring (bicyclic) bond motifs is 2. The van der Waals surface area contributed by atoms with Gasteiger partial charge in [0.1, 0.15) is 6.04 Å². The number of carbonyl (C=O) groups is 3. The van der Waals surface area contributed by atoms with Crippen molar-refractivity contribution in [1.29, 1.82) is 0 Å². The summed E-state index contributed by atoms with van der Waals surface area (Å²) in [5, 5.41) is 10.5. The van der Waals surface area contributed by atoms with Crippen LogP contribution in [-0.2, 0) is 25.7 Å². The first kappa shape index (κ1) is 27.0. The van der Waals surface area contributed by atoms with Gasteiger partial charge in [-0.15, -0.1) is 11.8 Å². The predicted molar refractivity (Wildman–Crippen MR) is 147 cm³/mol. The maximum absolute atomic E-state index is 14.5. The van der Waals surface area contributed by atoms with E-state index in [1.54, 1.807) is 21.6 Å². The molecular formula is C30H38N2O5S. The number of allylic oxidation sites excluding steroid dienone is 1. The highest BCUT2D eigenvalue weighted by atomic mass is 32.2. The third kappa shape index (κ3) is 4.49. The lowest BCUT2D eigenvalue weighted by Crippen LogP contribution is -2.56. The number of cyclic esters (lactones) is 1. The Morgan fingerprint density at radius 1 is 1.08 bits per heavy atom. The minimum atomic E-state index is -0.939. The van der Waals surface area contributed by atoms with Crippen LogP contribution < -0.4 is 0 Å². The fourth-order valence-electron chi connectivity index (χ4n) is 6.78. The van der Waals surface area contributed by atoms with E-state index in [1.807, 2.05) is 63.3 Å². The molecule has 0 bridgehead atoms. The van der Waals surface area contributed by atoms with Gasteiger partial charge >= 0.3 is 5.97 Å². The number of rotatable bonds is 6. The monoisotopic (exact) mass is 538 g/mol. The highest BCUT2D eigenvalue weighted by molar-refractivity contribution is 8.02. The molecule has 0 radical (unpaired) electrons. The second-order valence-electron chi connectivity index (χ2n) is 11.5. The van der Waals surface area contributed by atoms with Crippen molar-refractivity contribution < 1.29 is 24.2 Å². The van der Waals surface area contributed by atoms with Crippen LogP contribution in [0.1, 0.15) is 45.6 Å². The molecule has 1 aromatic rings. The van der Waals surface area contributed by atoms with Crippen molar-refractivity contribution in [3.63, 3.8) is 0 Å². The van der Waals surface area contributed by atoms with Gasteiger partial charge in [-0.1, -0.05) is 68.5 Å². The first-order valence-electron chi connectivity index (χ1n) is 13.7. The van der Waals surface area contributed by atoms with Crippen molar-refractivity contribution in [2.24, 2.45) is 17.8 Å². The van der Waals surface area contributed by atoms with Gasteiger partial charge in [0, 0.05) is 17.8 Å². The lowest BCUT2D eigenvalue weighted by atomic mass is 9.74. The number of hydrogen-bond acceptors (Lipinski definition) is 6. The summed E-state index contributed by atoms with van der Waals surface area (Å²) in [6.45, 7) is 6.99. The third-order valence-electron chi connectivity index (χ3n) is 8.34. The minimum Gasteiger partial charge on any atom is -0.465 e. The van der Waals surface area contributed by atoms with Crippen LogP contribution in [0.5, 0.6) is 0 Å². The zero-order valence-corrected chi connectivity index (χ0v) is 23.2. The van der Waals surface area contributed by atoms with Crippen molar-refractivity contribution in [3.05, 3.63) is 60.2 Å². The molecule has 1 spiro atoms. The topological polar surface area (TPSA) is 87.2 Å². The van der Waals surface area contributed by atoms with Gasteiger partial charge < -0.3 is 19.6 Å². The molecule has 5 rings (SSSR count). The molecule has 2 amide bonds. The Morgan fingerprint density at radius 2 is 1.84 bits per heavy atom. The average molecular weight is 539 g/mol. The molecule has 2 fully saturated rings. The molecule has 204 valence electrons. The van der Waals surface area contributed by atoms with Crippen LogP contribution >= 0.6 is 11.8 Å². The summed E-state index contributed by atoms with van der Waals surface area (Å²) < 4.78 is 4.05. The SMILES string of the molecule is CC(C)C[C@H](CO)N1C(=O)[C@@H]2[C@H]3C(=O)OCCC/C=C\[C@@]3(C)S[C@@]23C=CCN(Cc2ccccc2)C(=O)C13. The van der Waals surface area contributed by atoms with Crippen molar-refractivity contribution in [2.75, 3.05) is 19.8 Å². The fourth-order valence-corrected chi connectivity index (χ4v) is 8.92. The number of aliphatic hydroxyl groups is 1. The van der Waals surface area contributed by atoms with Gasteiger partial charge in [-0.2, -0.15) is 0 Å². The number of aliphatic hydroxyl groups excluding tert-OH is 1. The Balaban J connectivity index is 1.63. The summed E-state index contributed by atoms with van der Waals surface area (Å²) in [6.07, 6.45) is 10.2. The van der Waals surface area contributed by atoms with Gasteiger partial charge in [-0.25, -0.2) is 0 Å². The Bertz CT molecular complexity index is 1140. The normalized spacial score (nSPS) is 34.6. The highest BCUT2D eigenvalue weighted by Gasteiger charge is 2.74. The molecule has 38 heavy (non-hydrogen) atoms. The molecule has 1 aromatic carbocycles. The van der Waals surface area contributed by atoms with Crippen molar-refractivity contribution in [2.45, 2.75) is 68.2 Å². The Morgan fingerprint density at radius 3 is 2.55 bits per heavy atom. The van der Waals surface area contributed by atoms with Crippen molar-refractivity contribution >= 4 is 29.5 Å². The van der Waals surface area contributed by atoms with Crippen molar-refractivity contribution in [1.82, 2.24) is 9.80 Å².